The SMILES string of the molecule is O=C(OCCOc1ccccc1F)c1ccc(CN2C(=O)CNC2=O)cc1. The monoisotopic (exact) mass is 372 g/mol. The molecule has 27 heavy (non-hydrogen) atoms. The van der Waals surface area contributed by atoms with Gasteiger partial charge in [-0.3, -0.25) is 9.69 Å². The Labute approximate surface area is 154 Å². The molecule has 0 aliphatic carbocycles. The molecule has 0 atom stereocenters. The van der Waals surface area contributed by atoms with E-state index in [0.29, 0.717) is 11.1 Å². The number of benzene rings is 2. The lowest BCUT2D eigenvalue weighted by Crippen LogP contribution is -2.30. The summed E-state index contributed by atoms with van der Waals surface area (Å²) in [6.07, 6.45) is 0. The molecule has 3 rings (SSSR count). The Balaban J connectivity index is 1.47. The van der Waals surface area contributed by atoms with Gasteiger partial charge in [0, 0.05) is 0 Å². The molecule has 140 valence electrons. The van der Waals surface area contributed by atoms with E-state index in [0.717, 1.165) is 4.90 Å². The zero-order valence-electron chi connectivity index (χ0n) is 14.3. The quantitative estimate of drug-likeness (QED) is 0.457. The summed E-state index contributed by atoms with van der Waals surface area (Å²) < 4.78 is 23.7. The summed E-state index contributed by atoms with van der Waals surface area (Å²) in [5.41, 5.74) is 1.03. The van der Waals surface area contributed by atoms with Crippen LogP contribution in [0.15, 0.2) is 48.5 Å². The molecule has 0 saturated carbocycles. The first-order valence-corrected chi connectivity index (χ1v) is 8.26. The first-order valence-electron chi connectivity index (χ1n) is 8.26. The van der Waals surface area contributed by atoms with Crippen LogP contribution in [0.3, 0.4) is 0 Å². The van der Waals surface area contributed by atoms with Crippen LogP contribution in [0.1, 0.15) is 15.9 Å². The highest BCUT2D eigenvalue weighted by Gasteiger charge is 2.28. The Bertz CT molecular complexity index is 837. The van der Waals surface area contributed by atoms with E-state index >= 15 is 0 Å². The Morgan fingerprint density at radius 1 is 1.07 bits per heavy atom. The highest BCUT2D eigenvalue weighted by Crippen LogP contribution is 2.15. The molecule has 1 aliphatic rings. The van der Waals surface area contributed by atoms with Gasteiger partial charge >= 0.3 is 12.0 Å². The number of carbonyl (C=O) groups excluding carboxylic acids is 3. The van der Waals surface area contributed by atoms with Crippen molar-refractivity contribution >= 4 is 17.9 Å². The van der Waals surface area contributed by atoms with E-state index in [4.69, 9.17) is 9.47 Å². The van der Waals surface area contributed by atoms with E-state index in [1.54, 1.807) is 36.4 Å². The maximum atomic E-state index is 13.4. The topological polar surface area (TPSA) is 84.9 Å². The predicted octanol–water partition coefficient (Wildman–Crippen LogP) is 2.11. The number of nitrogens with one attached hydrogen (secondary N) is 1. The second-order valence-corrected chi connectivity index (χ2v) is 5.75. The van der Waals surface area contributed by atoms with Crippen molar-refractivity contribution in [2.75, 3.05) is 19.8 Å². The first-order chi connectivity index (χ1) is 13.0. The van der Waals surface area contributed by atoms with Gasteiger partial charge in [0.2, 0.25) is 5.91 Å². The van der Waals surface area contributed by atoms with Crippen molar-refractivity contribution in [3.05, 3.63) is 65.5 Å². The minimum Gasteiger partial charge on any atom is -0.487 e. The number of esters is 1. The van der Waals surface area contributed by atoms with Gasteiger partial charge in [0.25, 0.3) is 0 Å². The van der Waals surface area contributed by atoms with Crippen molar-refractivity contribution in [3.63, 3.8) is 0 Å². The summed E-state index contributed by atoms with van der Waals surface area (Å²) in [4.78, 5) is 36.2. The molecule has 2 aromatic rings. The number of ether oxygens (including phenoxy) is 2. The van der Waals surface area contributed by atoms with Gasteiger partial charge in [0.1, 0.15) is 13.2 Å². The van der Waals surface area contributed by atoms with Crippen LogP contribution in [0.5, 0.6) is 5.75 Å². The molecule has 2 aromatic carbocycles. The molecule has 0 bridgehead atoms. The number of para-hydroxylation sites is 1. The van der Waals surface area contributed by atoms with Crippen molar-refractivity contribution in [2.45, 2.75) is 6.54 Å². The van der Waals surface area contributed by atoms with Gasteiger partial charge in [0.15, 0.2) is 11.6 Å². The van der Waals surface area contributed by atoms with Crippen LogP contribution in [0, 0.1) is 5.82 Å². The van der Waals surface area contributed by atoms with Gasteiger partial charge < -0.3 is 14.8 Å². The lowest BCUT2D eigenvalue weighted by atomic mass is 10.1. The normalized spacial score (nSPS) is 13.4. The van der Waals surface area contributed by atoms with Crippen LogP contribution in [-0.2, 0) is 16.1 Å². The van der Waals surface area contributed by atoms with Crippen molar-refractivity contribution in [2.24, 2.45) is 0 Å². The molecule has 1 N–H and O–H groups in total. The number of amides is 3. The molecule has 7 nitrogen and oxygen atoms in total. The van der Waals surface area contributed by atoms with Gasteiger partial charge in [0.05, 0.1) is 18.7 Å². The van der Waals surface area contributed by atoms with Gasteiger partial charge in [-0.15, -0.1) is 0 Å². The average molecular weight is 372 g/mol. The Hall–Kier alpha value is -3.42. The molecule has 1 fully saturated rings. The Morgan fingerprint density at radius 2 is 1.81 bits per heavy atom. The summed E-state index contributed by atoms with van der Waals surface area (Å²) in [6, 6.07) is 11.9. The zero-order valence-corrected chi connectivity index (χ0v) is 14.3. The fourth-order valence-electron chi connectivity index (χ4n) is 2.48. The van der Waals surface area contributed by atoms with Crippen molar-refractivity contribution in [1.82, 2.24) is 10.2 Å². The van der Waals surface area contributed by atoms with E-state index in [-0.39, 0.29) is 38.0 Å². The number of hydrogen-bond donors (Lipinski definition) is 1. The smallest absolute Gasteiger partial charge is 0.338 e. The largest absolute Gasteiger partial charge is 0.487 e. The van der Waals surface area contributed by atoms with Crippen molar-refractivity contribution in [3.8, 4) is 5.75 Å². The molecular weight excluding hydrogens is 355 g/mol. The summed E-state index contributed by atoms with van der Waals surface area (Å²) in [7, 11) is 0. The molecule has 0 radical (unpaired) electrons. The van der Waals surface area contributed by atoms with Crippen LogP contribution in [-0.4, -0.2) is 42.6 Å². The number of rotatable bonds is 7. The number of hydrogen-bond acceptors (Lipinski definition) is 5. The van der Waals surface area contributed by atoms with Crippen LogP contribution in [0.25, 0.3) is 0 Å². The van der Waals surface area contributed by atoms with Crippen LogP contribution >= 0.6 is 0 Å². The lowest BCUT2D eigenvalue weighted by molar-refractivity contribution is -0.125. The number of halogens is 1. The maximum absolute atomic E-state index is 13.4. The Morgan fingerprint density at radius 3 is 2.48 bits per heavy atom. The van der Waals surface area contributed by atoms with Gasteiger partial charge in [-0.1, -0.05) is 24.3 Å². The molecule has 1 aliphatic heterocycles. The zero-order chi connectivity index (χ0) is 19.2. The molecule has 3 amide bonds. The third kappa shape index (κ3) is 4.60. The average Bonchev–Trinajstić information content (AvgIpc) is 2.99. The van der Waals surface area contributed by atoms with Gasteiger partial charge in [-0.2, -0.15) is 0 Å². The molecule has 0 spiro atoms. The molecule has 1 heterocycles. The molecule has 0 aromatic heterocycles. The van der Waals surface area contributed by atoms with E-state index < -0.39 is 17.8 Å². The van der Waals surface area contributed by atoms with Gasteiger partial charge in [-0.05, 0) is 29.8 Å². The fraction of sp³-hybridized carbons (Fsp3) is 0.211. The van der Waals surface area contributed by atoms with Crippen LogP contribution in [0.2, 0.25) is 0 Å². The van der Waals surface area contributed by atoms with Crippen molar-refractivity contribution in [1.29, 1.82) is 0 Å². The summed E-state index contributed by atoms with van der Waals surface area (Å²) >= 11 is 0. The highest BCUT2D eigenvalue weighted by atomic mass is 19.1. The van der Waals surface area contributed by atoms with Crippen molar-refractivity contribution < 1.29 is 28.2 Å². The second kappa shape index (κ2) is 8.31. The molecule has 8 heteroatoms. The fourth-order valence-corrected chi connectivity index (χ4v) is 2.48. The predicted molar refractivity (Wildman–Crippen MR) is 92.6 cm³/mol. The van der Waals surface area contributed by atoms with Gasteiger partial charge in [-0.25, -0.2) is 14.0 Å². The van der Waals surface area contributed by atoms with E-state index in [1.807, 2.05) is 0 Å². The van der Waals surface area contributed by atoms with E-state index in [2.05, 4.69) is 5.32 Å². The van der Waals surface area contributed by atoms with E-state index in [1.165, 1.54) is 12.1 Å². The second-order valence-electron chi connectivity index (χ2n) is 5.75. The van der Waals surface area contributed by atoms with E-state index in [9.17, 15) is 18.8 Å². The molecule has 1 saturated heterocycles. The van der Waals surface area contributed by atoms with Crippen LogP contribution < -0.4 is 10.1 Å². The summed E-state index contributed by atoms with van der Waals surface area (Å²) in [6.45, 7) is 0.128. The number of nitrogens with zero attached hydrogens (tertiary/aromatic N) is 1. The number of carbonyl (C=O) groups is 3. The standard InChI is InChI=1S/C19H17FN2O5/c20-15-3-1-2-4-16(15)26-9-10-27-18(24)14-7-5-13(6-8-14)12-22-17(23)11-21-19(22)25/h1-8H,9-12H2,(H,21,25). The summed E-state index contributed by atoms with van der Waals surface area (Å²) in [5.74, 6) is -1.23. The number of urea groups is 1. The third-order valence-corrected chi connectivity index (χ3v) is 3.88. The first kappa shape index (κ1) is 18.4. The highest BCUT2D eigenvalue weighted by molar-refractivity contribution is 6.01. The minimum absolute atomic E-state index is 0.00179. The maximum Gasteiger partial charge on any atom is 0.338 e. The summed E-state index contributed by atoms with van der Waals surface area (Å²) in [5, 5.41) is 2.44. The molecule has 0 unspecified atom stereocenters. The third-order valence-electron chi connectivity index (χ3n) is 3.88. The number of imide groups is 1. The Kier molecular flexibility index (Phi) is 5.65. The van der Waals surface area contributed by atoms with Crippen LogP contribution in [0.4, 0.5) is 9.18 Å². The molecular formula is C19H17FN2O5. The lowest BCUT2D eigenvalue weighted by Gasteiger charge is -2.12. The minimum atomic E-state index is -0.548.